The molecule has 1 N–H and O–H groups in total. The maximum atomic E-state index is 12.2. The Labute approximate surface area is 181 Å². The van der Waals surface area contributed by atoms with Crippen molar-refractivity contribution in [1.82, 2.24) is 19.9 Å². The van der Waals surface area contributed by atoms with Crippen molar-refractivity contribution in [3.8, 4) is 11.1 Å². The van der Waals surface area contributed by atoms with Gasteiger partial charge in [0, 0.05) is 29.8 Å². The van der Waals surface area contributed by atoms with Crippen LogP contribution in [-0.2, 0) is 4.74 Å². The second-order valence-electron chi connectivity index (χ2n) is 8.02. The molecule has 160 valence electrons. The minimum atomic E-state index is -0.375. The Kier molecular flexibility index (Phi) is 5.79. The minimum absolute atomic E-state index is 0.0429. The van der Waals surface area contributed by atoms with E-state index in [1.165, 1.54) is 0 Å². The highest BCUT2D eigenvalue weighted by Crippen LogP contribution is 2.27. The third kappa shape index (κ3) is 4.47. The lowest BCUT2D eigenvalue weighted by Crippen LogP contribution is -2.37. The largest absolute Gasteiger partial charge is 0.447 e. The van der Waals surface area contributed by atoms with E-state index in [0.717, 1.165) is 22.5 Å². The zero-order valence-corrected chi connectivity index (χ0v) is 18.1. The summed E-state index contributed by atoms with van der Waals surface area (Å²) in [5, 5.41) is 3.28. The molecular formula is C23H26N6O2. The fourth-order valence-corrected chi connectivity index (χ4v) is 3.57. The molecule has 1 fully saturated rings. The van der Waals surface area contributed by atoms with Crippen molar-refractivity contribution >= 4 is 17.9 Å². The fraction of sp³-hybridized carbons (Fsp3) is 0.348. The van der Waals surface area contributed by atoms with Crippen LogP contribution < -0.4 is 10.2 Å². The van der Waals surface area contributed by atoms with Crippen molar-refractivity contribution in [3.63, 3.8) is 0 Å². The molecule has 4 rings (SSSR count). The van der Waals surface area contributed by atoms with Crippen LogP contribution in [0.5, 0.6) is 0 Å². The zero-order chi connectivity index (χ0) is 22.0. The van der Waals surface area contributed by atoms with E-state index in [0.29, 0.717) is 18.4 Å². The smallest absolute Gasteiger partial charge is 0.415 e. The number of pyridine rings is 2. The number of ether oxygens (including phenoxy) is 1. The predicted molar refractivity (Wildman–Crippen MR) is 119 cm³/mol. The SMILES string of the molecule is Cc1cc(-c2ccc([C@H](C)Nc3nccc(N4C(=O)OC[C@@H]4C(C)C)n3)nc2)ccn1. The van der Waals surface area contributed by atoms with Crippen molar-refractivity contribution in [2.45, 2.75) is 39.8 Å². The number of anilines is 2. The number of cyclic esters (lactones) is 1. The molecule has 8 nitrogen and oxygen atoms in total. The van der Waals surface area contributed by atoms with E-state index in [-0.39, 0.29) is 24.1 Å². The van der Waals surface area contributed by atoms with Gasteiger partial charge in [0.1, 0.15) is 12.4 Å². The molecule has 8 heteroatoms. The molecule has 0 aromatic carbocycles. The van der Waals surface area contributed by atoms with E-state index in [4.69, 9.17) is 4.74 Å². The number of hydrogen-bond donors (Lipinski definition) is 1. The summed E-state index contributed by atoms with van der Waals surface area (Å²) in [5.41, 5.74) is 3.95. The maximum Gasteiger partial charge on any atom is 0.415 e. The topological polar surface area (TPSA) is 93.1 Å². The Balaban J connectivity index is 1.49. The molecule has 1 saturated heterocycles. The Morgan fingerprint density at radius 3 is 2.58 bits per heavy atom. The number of carbonyl (C=O) groups is 1. The molecule has 0 unspecified atom stereocenters. The lowest BCUT2D eigenvalue weighted by Gasteiger charge is -2.23. The number of carbonyl (C=O) groups excluding carboxylic acids is 1. The highest BCUT2D eigenvalue weighted by Gasteiger charge is 2.37. The quantitative estimate of drug-likeness (QED) is 0.634. The van der Waals surface area contributed by atoms with Gasteiger partial charge in [-0.05, 0) is 49.6 Å². The van der Waals surface area contributed by atoms with Gasteiger partial charge in [-0.25, -0.2) is 9.78 Å². The Bertz CT molecular complexity index is 1070. The Morgan fingerprint density at radius 2 is 1.87 bits per heavy atom. The van der Waals surface area contributed by atoms with Crippen molar-refractivity contribution in [2.24, 2.45) is 5.92 Å². The normalized spacial score (nSPS) is 17.0. The van der Waals surface area contributed by atoms with Crippen LogP contribution in [0.2, 0.25) is 0 Å². The molecule has 3 aromatic rings. The second-order valence-corrected chi connectivity index (χ2v) is 8.02. The first-order valence-electron chi connectivity index (χ1n) is 10.4. The monoisotopic (exact) mass is 418 g/mol. The maximum absolute atomic E-state index is 12.2. The summed E-state index contributed by atoms with van der Waals surface area (Å²) in [6.45, 7) is 8.45. The van der Waals surface area contributed by atoms with Crippen LogP contribution in [0.1, 0.15) is 38.2 Å². The standard InChI is InChI=1S/C23H26N6O2/c1-14(2)20-13-31-23(30)29(20)21-8-10-25-22(28-21)27-16(4)19-6-5-18(12-26-19)17-7-9-24-15(3)11-17/h5-12,14,16,20H,13H2,1-4H3,(H,25,27,28)/t16-,20+/m0/s1. The summed E-state index contributed by atoms with van der Waals surface area (Å²) in [6.07, 6.45) is 4.92. The van der Waals surface area contributed by atoms with Crippen LogP contribution in [-0.4, -0.2) is 38.7 Å². The number of aryl methyl sites for hydroxylation is 1. The molecule has 2 atom stereocenters. The van der Waals surface area contributed by atoms with Gasteiger partial charge in [-0.2, -0.15) is 4.98 Å². The van der Waals surface area contributed by atoms with Crippen LogP contribution in [0.4, 0.5) is 16.6 Å². The van der Waals surface area contributed by atoms with Crippen molar-refractivity contribution < 1.29 is 9.53 Å². The minimum Gasteiger partial charge on any atom is -0.447 e. The molecule has 0 saturated carbocycles. The van der Waals surface area contributed by atoms with Crippen LogP contribution in [0, 0.1) is 12.8 Å². The third-order valence-corrected chi connectivity index (χ3v) is 5.37. The molecule has 4 heterocycles. The van der Waals surface area contributed by atoms with E-state index in [1.54, 1.807) is 23.4 Å². The molecule has 31 heavy (non-hydrogen) atoms. The molecule has 3 aromatic heterocycles. The Hall–Kier alpha value is -3.55. The highest BCUT2D eigenvalue weighted by molar-refractivity contribution is 5.89. The average molecular weight is 419 g/mol. The lowest BCUT2D eigenvalue weighted by atomic mass is 10.0. The van der Waals surface area contributed by atoms with Gasteiger partial charge < -0.3 is 10.1 Å². The molecule has 1 aliphatic heterocycles. The number of amides is 1. The van der Waals surface area contributed by atoms with E-state index in [9.17, 15) is 4.79 Å². The van der Waals surface area contributed by atoms with Crippen LogP contribution in [0.15, 0.2) is 48.9 Å². The third-order valence-electron chi connectivity index (χ3n) is 5.37. The number of nitrogens with zero attached hydrogens (tertiary/aromatic N) is 5. The second kappa shape index (κ2) is 8.67. The van der Waals surface area contributed by atoms with Crippen molar-refractivity contribution in [2.75, 3.05) is 16.8 Å². The van der Waals surface area contributed by atoms with Gasteiger partial charge in [-0.3, -0.25) is 14.9 Å². The van der Waals surface area contributed by atoms with E-state index < -0.39 is 0 Å². The van der Waals surface area contributed by atoms with Gasteiger partial charge in [0.2, 0.25) is 5.95 Å². The van der Waals surface area contributed by atoms with E-state index in [1.807, 2.05) is 44.3 Å². The number of nitrogens with one attached hydrogen (secondary N) is 1. The number of hydrogen-bond acceptors (Lipinski definition) is 7. The van der Waals surface area contributed by atoms with Gasteiger partial charge in [0.15, 0.2) is 0 Å². The lowest BCUT2D eigenvalue weighted by molar-refractivity contribution is 0.177. The molecule has 0 aliphatic carbocycles. The summed E-state index contributed by atoms with van der Waals surface area (Å²) in [5.74, 6) is 1.22. The molecule has 0 radical (unpaired) electrons. The first-order valence-corrected chi connectivity index (χ1v) is 10.4. The number of aromatic nitrogens is 4. The molecule has 0 bridgehead atoms. The van der Waals surface area contributed by atoms with Gasteiger partial charge in [0.05, 0.1) is 17.8 Å². The summed E-state index contributed by atoms with van der Waals surface area (Å²) in [6, 6.07) is 9.60. The van der Waals surface area contributed by atoms with Gasteiger partial charge in [-0.15, -0.1) is 0 Å². The average Bonchev–Trinajstić information content (AvgIpc) is 3.16. The molecular weight excluding hydrogens is 392 g/mol. The van der Waals surface area contributed by atoms with Crippen molar-refractivity contribution in [1.29, 1.82) is 0 Å². The first-order chi connectivity index (χ1) is 14.9. The van der Waals surface area contributed by atoms with Gasteiger partial charge in [-0.1, -0.05) is 19.9 Å². The van der Waals surface area contributed by atoms with E-state index in [2.05, 4.69) is 39.1 Å². The highest BCUT2D eigenvalue weighted by atomic mass is 16.6. The summed E-state index contributed by atoms with van der Waals surface area (Å²) >= 11 is 0. The molecule has 0 spiro atoms. The van der Waals surface area contributed by atoms with Gasteiger partial charge in [0.25, 0.3) is 0 Å². The van der Waals surface area contributed by atoms with Crippen molar-refractivity contribution in [3.05, 3.63) is 60.3 Å². The summed E-state index contributed by atoms with van der Waals surface area (Å²) in [7, 11) is 0. The predicted octanol–water partition coefficient (Wildman–Crippen LogP) is 4.40. The summed E-state index contributed by atoms with van der Waals surface area (Å²) < 4.78 is 5.23. The fourth-order valence-electron chi connectivity index (χ4n) is 3.57. The van der Waals surface area contributed by atoms with Crippen LogP contribution >= 0.6 is 0 Å². The Morgan fingerprint density at radius 1 is 1.06 bits per heavy atom. The summed E-state index contributed by atoms with van der Waals surface area (Å²) in [4.78, 5) is 31.5. The zero-order valence-electron chi connectivity index (χ0n) is 18.1. The van der Waals surface area contributed by atoms with Gasteiger partial charge >= 0.3 is 6.09 Å². The first kappa shape index (κ1) is 20.7. The van der Waals surface area contributed by atoms with Crippen LogP contribution in [0.25, 0.3) is 11.1 Å². The van der Waals surface area contributed by atoms with Crippen LogP contribution in [0.3, 0.4) is 0 Å². The van der Waals surface area contributed by atoms with E-state index >= 15 is 0 Å². The molecule has 1 amide bonds. The number of rotatable bonds is 6. The molecule has 1 aliphatic rings.